The van der Waals surface area contributed by atoms with Crippen molar-refractivity contribution in [3.05, 3.63) is 60.7 Å². The van der Waals surface area contributed by atoms with Crippen molar-refractivity contribution in [2.24, 2.45) is 0 Å². The molecule has 0 aliphatic carbocycles. The number of aromatic nitrogens is 4. The quantitative estimate of drug-likeness (QED) is 0.455. The second-order valence-electron chi connectivity index (χ2n) is 7.25. The van der Waals surface area contributed by atoms with Gasteiger partial charge in [-0.05, 0) is 62.4 Å². The first-order valence-electron chi connectivity index (χ1n) is 9.80. The Balaban J connectivity index is 0.00000205. The Hall–Kier alpha value is -2.44. The van der Waals surface area contributed by atoms with Gasteiger partial charge >= 0.3 is 0 Å². The molecule has 1 aromatic carbocycles. The first-order chi connectivity index (χ1) is 13.8. The van der Waals surface area contributed by atoms with E-state index < -0.39 is 0 Å². The smallest absolute Gasteiger partial charge is 0.156 e. The summed E-state index contributed by atoms with van der Waals surface area (Å²) < 4.78 is 2.14. The minimum Gasteiger partial charge on any atom is -0.355 e. The van der Waals surface area contributed by atoms with E-state index in [1.165, 1.54) is 24.2 Å². The second-order valence-corrected chi connectivity index (χ2v) is 8.33. The zero-order chi connectivity index (χ0) is 18.9. The lowest BCUT2D eigenvalue weighted by atomic mass is 10.1. The van der Waals surface area contributed by atoms with Crippen molar-refractivity contribution in [2.75, 3.05) is 18.0 Å². The van der Waals surface area contributed by atoms with Crippen LogP contribution in [0.4, 0.5) is 5.82 Å². The summed E-state index contributed by atoms with van der Waals surface area (Å²) in [7, 11) is 0. The zero-order valence-electron chi connectivity index (χ0n) is 16.3. The predicted octanol–water partition coefficient (Wildman–Crippen LogP) is 5.70. The highest BCUT2D eigenvalue weighted by Crippen LogP contribution is 2.31. The molecule has 7 heteroatoms. The number of hydrogen-bond acceptors (Lipinski definition) is 4. The van der Waals surface area contributed by atoms with E-state index in [1.807, 2.05) is 13.0 Å². The number of aryl methyl sites for hydroxylation is 1. The lowest BCUT2D eigenvalue weighted by molar-refractivity contribution is 0.574. The van der Waals surface area contributed by atoms with Crippen LogP contribution in [0.2, 0.25) is 0 Å². The van der Waals surface area contributed by atoms with E-state index in [1.54, 1.807) is 11.9 Å². The van der Waals surface area contributed by atoms with Crippen LogP contribution in [0.15, 0.2) is 59.8 Å². The van der Waals surface area contributed by atoms with Crippen LogP contribution in [0.3, 0.4) is 0 Å². The summed E-state index contributed by atoms with van der Waals surface area (Å²) in [4.78, 5) is 16.6. The molecule has 0 unspecified atom stereocenters. The lowest BCUT2D eigenvalue weighted by Gasteiger charge is -2.28. The Labute approximate surface area is 181 Å². The van der Waals surface area contributed by atoms with Crippen molar-refractivity contribution in [1.29, 1.82) is 0 Å². The number of hydrogen-bond donors (Lipinski definition) is 1. The monoisotopic (exact) mass is 425 g/mol. The van der Waals surface area contributed by atoms with E-state index in [4.69, 9.17) is 4.98 Å². The number of H-pyrrole nitrogens is 1. The summed E-state index contributed by atoms with van der Waals surface area (Å²) in [5.41, 5.74) is 4.28. The average Bonchev–Trinajstić information content (AvgIpc) is 3.35. The fraction of sp³-hybridized carbons (Fsp3) is 0.273. The standard InChI is InChI=1S/C22H23N5S.ClH/c1-16-23-20-14-19(25-21(20)22(24-16)26-11-6-3-7-12-26)17-10-13-27(15-17)28-18-8-4-2-5-9-18;/h2,4-5,8-10,13-15,25H,3,6-7,11-12H2,1H3;1H. The van der Waals surface area contributed by atoms with Gasteiger partial charge in [0.2, 0.25) is 0 Å². The van der Waals surface area contributed by atoms with Gasteiger partial charge in [0.1, 0.15) is 11.3 Å². The van der Waals surface area contributed by atoms with E-state index in [0.29, 0.717) is 0 Å². The normalized spacial score (nSPS) is 14.2. The molecular formula is C22H24ClN5S. The molecule has 1 saturated heterocycles. The molecule has 0 amide bonds. The number of benzene rings is 1. The predicted molar refractivity (Wildman–Crippen MR) is 123 cm³/mol. The van der Waals surface area contributed by atoms with Crippen molar-refractivity contribution in [1.82, 2.24) is 18.9 Å². The average molecular weight is 426 g/mol. The first kappa shape index (κ1) is 19.9. The Bertz CT molecular complexity index is 1100. The van der Waals surface area contributed by atoms with Gasteiger partial charge in [0.15, 0.2) is 5.82 Å². The maximum absolute atomic E-state index is 4.77. The largest absolute Gasteiger partial charge is 0.355 e. The Morgan fingerprint density at radius 3 is 2.59 bits per heavy atom. The number of aromatic amines is 1. The number of nitrogens with one attached hydrogen (secondary N) is 1. The maximum Gasteiger partial charge on any atom is 0.156 e. The summed E-state index contributed by atoms with van der Waals surface area (Å²) in [5, 5.41) is 0. The number of fused-ring (bicyclic) bond motifs is 1. The van der Waals surface area contributed by atoms with Gasteiger partial charge in [-0.2, -0.15) is 0 Å². The van der Waals surface area contributed by atoms with Crippen molar-refractivity contribution < 1.29 is 0 Å². The SMILES string of the molecule is Cc1nc(N2CCCCC2)c2[nH]c(-c3ccn(Sc4ccccc4)c3)cc2n1.Cl. The van der Waals surface area contributed by atoms with Crippen molar-refractivity contribution in [2.45, 2.75) is 31.1 Å². The van der Waals surface area contributed by atoms with Crippen LogP contribution in [0.25, 0.3) is 22.3 Å². The molecule has 1 aliphatic rings. The highest BCUT2D eigenvalue weighted by Gasteiger charge is 2.18. The van der Waals surface area contributed by atoms with E-state index in [2.05, 4.69) is 67.6 Å². The highest BCUT2D eigenvalue weighted by molar-refractivity contribution is 7.97. The molecule has 29 heavy (non-hydrogen) atoms. The Kier molecular flexibility index (Phi) is 5.83. The number of halogens is 1. The van der Waals surface area contributed by atoms with Crippen molar-refractivity contribution in [3.8, 4) is 11.3 Å². The van der Waals surface area contributed by atoms with Crippen LogP contribution in [-0.4, -0.2) is 32.0 Å². The van der Waals surface area contributed by atoms with Crippen molar-refractivity contribution >= 4 is 41.2 Å². The van der Waals surface area contributed by atoms with Gasteiger partial charge in [-0.25, -0.2) is 9.97 Å². The molecule has 0 bridgehead atoms. The molecule has 1 N–H and O–H groups in total. The van der Waals surface area contributed by atoms with Crippen LogP contribution < -0.4 is 4.90 Å². The van der Waals surface area contributed by atoms with Crippen LogP contribution in [-0.2, 0) is 0 Å². The molecule has 4 aromatic rings. The fourth-order valence-electron chi connectivity index (χ4n) is 3.80. The molecule has 0 saturated carbocycles. The fourth-order valence-corrected chi connectivity index (χ4v) is 4.61. The van der Waals surface area contributed by atoms with Gasteiger partial charge in [-0.15, -0.1) is 12.4 Å². The molecule has 1 fully saturated rings. The topological polar surface area (TPSA) is 49.7 Å². The van der Waals surface area contributed by atoms with Gasteiger partial charge in [-0.3, -0.25) is 3.97 Å². The third kappa shape index (κ3) is 4.14. The minimum atomic E-state index is 0. The van der Waals surface area contributed by atoms with Gasteiger partial charge < -0.3 is 9.88 Å². The second kappa shape index (κ2) is 8.51. The summed E-state index contributed by atoms with van der Waals surface area (Å²) in [6, 6.07) is 14.7. The lowest BCUT2D eigenvalue weighted by Crippen LogP contribution is -2.30. The number of anilines is 1. The van der Waals surface area contributed by atoms with Gasteiger partial charge in [0.25, 0.3) is 0 Å². The molecule has 0 atom stereocenters. The van der Waals surface area contributed by atoms with E-state index in [0.717, 1.165) is 47.0 Å². The highest BCUT2D eigenvalue weighted by atomic mass is 35.5. The number of piperidine rings is 1. The molecule has 3 aromatic heterocycles. The van der Waals surface area contributed by atoms with Crippen LogP contribution >= 0.6 is 24.4 Å². The first-order valence-corrected chi connectivity index (χ1v) is 10.6. The Morgan fingerprint density at radius 1 is 1.00 bits per heavy atom. The van der Waals surface area contributed by atoms with Crippen LogP contribution in [0, 0.1) is 6.92 Å². The summed E-state index contributed by atoms with van der Waals surface area (Å²) in [6.07, 6.45) is 8.03. The Morgan fingerprint density at radius 2 is 1.79 bits per heavy atom. The maximum atomic E-state index is 4.77. The molecule has 5 rings (SSSR count). The number of nitrogens with zero attached hydrogens (tertiary/aromatic N) is 4. The van der Waals surface area contributed by atoms with Gasteiger partial charge in [-0.1, -0.05) is 18.2 Å². The van der Waals surface area contributed by atoms with Crippen LogP contribution in [0.5, 0.6) is 0 Å². The van der Waals surface area contributed by atoms with Crippen LogP contribution in [0.1, 0.15) is 25.1 Å². The third-order valence-corrected chi connectivity index (χ3v) is 6.08. The number of rotatable bonds is 4. The van der Waals surface area contributed by atoms with E-state index in [-0.39, 0.29) is 12.4 Å². The molecular weight excluding hydrogens is 402 g/mol. The third-order valence-electron chi connectivity index (χ3n) is 5.16. The molecule has 5 nitrogen and oxygen atoms in total. The molecule has 150 valence electrons. The molecule has 4 heterocycles. The van der Waals surface area contributed by atoms with E-state index >= 15 is 0 Å². The summed E-state index contributed by atoms with van der Waals surface area (Å²) in [5.74, 6) is 1.88. The van der Waals surface area contributed by atoms with E-state index in [9.17, 15) is 0 Å². The molecule has 0 radical (unpaired) electrons. The molecule has 0 spiro atoms. The van der Waals surface area contributed by atoms with Crippen molar-refractivity contribution in [3.63, 3.8) is 0 Å². The summed E-state index contributed by atoms with van der Waals surface area (Å²) in [6.45, 7) is 4.13. The van der Waals surface area contributed by atoms with Gasteiger partial charge in [0, 0.05) is 41.6 Å². The van der Waals surface area contributed by atoms with Gasteiger partial charge in [0.05, 0.1) is 5.52 Å². The summed E-state index contributed by atoms with van der Waals surface area (Å²) >= 11 is 1.70. The minimum absolute atomic E-state index is 0. The zero-order valence-corrected chi connectivity index (χ0v) is 18.0. The molecule has 1 aliphatic heterocycles.